The van der Waals surface area contributed by atoms with Crippen molar-refractivity contribution in [1.29, 1.82) is 0 Å². The van der Waals surface area contributed by atoms with Crippen molar-refractivity contribution in [2.75, 3.05) is 31.1 Å². The maximum absolute atomic E-state index is 13.0. The van der Waals surface area contributed by atoms with Crippen molar-refractivity contribution >= 4 is 23.3 Å². The van der Waals surface area contributed by atoms with Crippen LogP contribution < -0.4 is 4.90 Å². The number of nitrogens with one attached hydrogen (secondary N) is 1. The van der Waals surface area contributed by atoms with E-state index in [0.29, 0.717) is 31.6 Å². The Kier molecular flexibility index (Phi) is 3.42. The lowest BCUT2D eigenvalue weighted by atomic mass is 10.2. The molecule has 9 heteroatoms. The summed E-state index contributed by atoms with van der Waals surface area (Å²) < 4.78 is 38.9. The standard InChI is InChI=1S/C13H14F3N5O/c1-8-6-9-10(17-8)18-12(13(14,15)16)19-11(9)21-4-2-20(7-22)3-5-21/h6-7H,2-5H2,1H3,(H,17,18,19). The topological polar surface area (TPSA) is 65.1 Å². The summed E-state index contributed by atoms with van der Waals surface area (Å²) in [5.74, 6) is -0.901. The fraction of sp³-hybridized carbons (Fsp3) is 0.462. The maximum Gasteiger partial charge on any atom is 0.451 e. The molecule has 1 aliphatic rings. The zero-order valence-corrected chi connectivity index (χ0v) is 11.8. The molecule has 6 nitrogen and oxygen atoms in total. The molecule has 0 spiro atoms. The number of fused-ring (bicyclic) bond motifs is 1. The number of alkyl halides is 3. The van der Waals surface area contributed by atoms with Crippen LogP contribution in [0.2, 0.25) is 0 Å². The molecule has 118 valence electrons. The Morgan fingerprint density at radius 2 is 1.91 bits per heavy atom. The van der Waals surface area contributed by atoms with Gasteiger partial charge in [-0.1, -0.05) is 0 Å². The predicted octanol–water partition coefficient (Wildman–Crippen LogP) is 1.56. The van der Waals surface area contributed by atoms with Crippen LogP contribution in [-0.2, 0) is 11.0 Å². The van der Waals surface area contributed by atoms with Gasteiger partial charge in [0.2, 0.25) is 12.2 Å². The number of hydrogen-bond donors (Lipinski definition) is 1. The minimum atomic E-state index is -4.60. The molecule has 1 fully saturated rings. The van der Waals surface area contributed by atoms with Crippen LogP contribution in [0.3, 0.4) is 0 Å². The molecule has 2 aromatic heterocycles. The second kappa shape index (κ2) is 5.15. The van der Waals surface area contributed by atoms with E-state index in [9.17, 15) is 18.0 Å². The molecule has 0 aliphatic carbocycles. The monoisotopic (exact) mass is 313 g/mol. The second-order valence-corrected chi connectivity index (χ2v) is 5.21. The van der Waals surface area contributed by atoms with E-state index in [0.717, 1.165) is 12.1 Å². The van der Waals surface area contributed by atoms with Crippen LogP contribution >= 0.6 is 0 Å². The van der Waals surface area contributed by atoms with Gasteiger partial charge in [0, 0.05) is 31.9 Å². The van der Waals surface area contributed by atoms with Gasteiger partial charge in [0.25, 0.3) is 0 Å². The Balaban J connectivity index is 2.05. The number of piperazine rings is 1. The van der Waals surface area contributed by atoms with Gasteiger partial charge < -0.3 is 14.8 Å². The Morgan fingerprint density at radius 3 is 2.50 bits per heavy atom. The fourth-order valence-electron chi connectivity index (χ4n) is 2.53. The number of aromatic amines is 1. The third-order valence-electron chi connectivity index (χ3n) is 3.62. The van der Waals surface area contributed by atoms with Gasteiger partial charge in [0.05, 0.1) is 5.39 Å². The molecule has 0 radical (unpaired) electrons. The van der Waals surface area contributed by atoms with E-state index in [1.165, 1.54) is 0 Å². The Labute approximate surface area is 123 Å². The average Bonchev–Trinajstić information content (AvgIpc) is 2.85. The summed E-state index contributed by atoms with van der Waals surface area (Å²) in [5, 5.41) is 0.560. The first-order chi connectivity index (χ1) is 10.4. The molecule has 1 saturated heterocycles. The summed E-state index contributed by atoms with van der Waals surface area (Å²) >= 11 is 0. The van der Waals surface area contributed by atoms with Crippen LogP contribution in [0, 0.1) is 6.92 Å². The van der Waals surface area contributed by atoms with E-state index < -0.39 is 12.0 Å². The van der Waals surface area contributed by atoms with E-state index in [1.807, 2.05) is 0 Å². The number of rotatable bonds is 2. The fourth-order valence-corrected chi connectivity index (χ4v) is 2.53. The van der Waals surface area contributed by atoms with Gasteiger partial charge in [-0.25, -0.2) is 9.97 Å². The minimum Gasteiger partial charge on any atom is -0.352 e. The number of aromatic nitrogens is 3. The first-order valence-corrected chi connectivity index (χ1v) is 6.77. The number of anilines is 1. The van der Waals surface area contributed by atoms with E-state index in [-0.39, 0.29) is 11.5 Å². The molecule has 3 rings (SSSR count). The molecule has 0 atom stereocenters. The molecule has 22 heavy (non-hydrogen) atoms. The number of hydrogen-bond acceptors (Lipinski definition) is 4. The molecule has 1 amide bonds. The number of aryl methyl sites for hydroxylation is 1. The van der Waals surface area contributed by atoms with Gasteiger partial charge in [-0.05, 0) is 13.0 Å². The summed E-state index contributed by atoms with van der Waals surface area (Å²) in [6.07, 6.45) is -3.86. The predicted molar refractivity (Wildman–Crippen MR) is 73.5 cm³/mol. The van der Waals surface area contributed by atoms with E-state index in [4.69, 9.17) is 0 Å². The highest BCUT2D eigenvalue weighted by Crippen LogP contribution is 2.32. The van der Waals surface area contributed by atoms with Gasteiger partial charge in [-0.2, -0.15) is 13.2 Å². The van der Waals surface area contributed by atoms with E-state index in [1.54, 1.807) is 22.8 Å². The van der Waals surface area contributed by atoms with Crippen molar-refractivity contribution in [2.45, 2.75) is 13.1 Å². The summed E-state index contributed by atoms with van der Waals surface area (Å²) in [5.41, 5.74) is 0.893. The number of H-pyrrole nitrogens is 1. The van der Waals surface area contributed by atoms with Gasteiger partial charge in [0.1, 0.15) is 11.5 Å². The van der Waals surface area contributed by atoms with Gasteiger partial charge in [0.15, 0.2) is 0 Å². The van der Waals surface area contributed by atoms with E-state index >= 15 is 0 Å². The number of amides is 1. The normalized spacial score (nSPS) is 16.4. The van der Waals surface area contributed by atoms with Crippen LogP contribution in [0.15, 0.2) is 6.07 Å². The largest absolute Gasteiger partial charge is 0.451 e. The molecule has 0 bridgehead atoms. The number of halogens is 3. The summed E-state index contributed by atoms with van der Waals surface area (Å²) in [4.78, 5) is 24.2. The van der Waals surface area contributed by atoms with Crippen LogP contribution in [0.25, 0.3) is 11.0 Å². The van der Waals surface area contributed by atoms with Crippen molar-refractivity contribution in [3.63, 3.8) is 0 Å². The minimum absolute atomic E-state index is 0.174. The van der Waals surface area contributed by atoms with Crippen molar-refractivity contribution in [1.82, 2.24) is 19.9 Å². The Bertz CT molecular complexity index is 703. The van der Waals surface area contributed by atoms with Crippen molar-refractivity contribution < 1.29 is 18.0 Å². The second-order valence-electron chi connectivity index (χ2n) is 5.21. The van der Waals surface area contributed by atoms with Crippen LogP contribution in [0.4, 0.5) is 19.0 Å². The molecule has 0 unspecified atom stereocenters. The van der Waals surface area contributed by atoms with Crippen molar-refractivity contribution in [2.24, 2.45) is 0 Å². The molecule has 1 aliphatic heterocycles. The average molecular weight is 313 g/mol. The summed E-state index contributed by atoms with van der Waals surface area (Å²) in [7, 11) is 0. The highest BCUT2D eigenvalue weighted by Gasteiger charge is 2.36. The maximum atomic E-state index is 13.0. The highest BCUT2D eigenvalue weighted by atomic mass is 19.4. The zero-order chi connectivity index (χ0) is 15.9. The molecular weight excluding hydrogens is 299 g/mol. The SMILES string of the molecule is Cc1cc2c(N3CCN(C=O)CC3)nc(C(F)(F)F)nc2[nH]1. The quantitative estimate of drug-likeness (QED) is 0.855. The molecular formula is C13H14F3N5O. The molecule has 0 aromatic carbocycles. The zero-order valence-electron chi connectivity index (χ0n) is 11.8. The van der Waals surface area contributed by atoms with E-state index in [2.05, 4.69) is 15.0 Å². The van der Waals surface area contributed by atoms with Crippen LogP contribution in [0.1, 0.15) is 11.5 Å². The van der Waals surface area contributed by atoms with Crippen molar-refractivity contribution in [3.8, 4) is 0 Å². The van der Waals surface area contributed by atoms with Crippen LogP contribution in [0.5, 0.6) is 0 Å². The summed E-state index contributed by atoms with van der Waals surface area (Å²) in [6.45, 7) is 3.54. The Hall–Kier alpha value is -2.32. The highest BCUT2D eigenvalue weighted by molar-refractivity contribution is 5.88. The Morgan fingerprint density at radius 1 is 1.23 bits per heavy atom. The van der Waals surface area contributed by atoms with Gasteiger partial charge in [-0.3, -0.25) is 4.79 Å². The molecule has 1 N–H and O–H groups in total. The van der Waals surface area contributed by atoms with Crippen molar-refractivity contribution in [3.05, 3.63) is 17.6 Å². The molecule has 0 saturated carbocycles. The van der Waals surface area contributed by atoms with Gasteiger partial charge in [-0.15, -0.1) is 0 Å². The molecule has 3 heterocycles. The third-order valence-corrected chi connectivity index (χ3v) is 3.62. The van der Waals surface area contributed by atoms with Crippen LogP contribution in [-0.4, -0.2) is 52.4 Å². The number of nitrogens with zero attached hydrogens (tertiary/aromatic N) is 4. The lowest BCUT2D eigenvalue weighted by molar-refractivity contribution is -0.144. The molecule has 2 aromatic rings. The number of carbonyl (C=O) groups is 1. The first kappa shape index (κ1) is 14.6. The third kappa shape index (κ3) is 2.58. The first-order valence-electron chi connectivity index (χ1n) is 6.77. The summed E-state index contributed by atoms with van der Waals surface area (Å²) in [6, 6.07) is 1.73. The van der Waals surface area contributed by atoms with Gasteiger partial charge >= 0.3 is 6.18 Å². The lowest BCUT2D eigenvalue weighted by Crippen LogP contribution is -2.46. The lowest BCUT2D eigenvalue weighted by Gasteiger charge is -2.33. The smallest absolute Gasteiger partial charge is 0.352 e. The number of carbonyl (C=O) groups excluding carboxylic acids is 1.